The number of aliphatic carboxylic acids is 1. The van der Waals surface area contributed by atoms with Gasteiger partial charge in [-0.25, -0.2) is 0 Å². The molecule has 150 valence electrons. The topological polar surface area (TPSA) is 76.1 Å². The number of allylic oxidation sites excluding steroid dienone is 3. The third-order valence-corrected chi connectivity index (χ3v) is 7.98. The fraction of sp³-hybridized carbons (Fsp3) is 0.727. The predicted molar refractivity (Wildman–Crippen MR) is 102 cm³/mol. The molecular formula is C22H32O5. The molecule has 2 saturated carbocycles. The van der Waals surface area contributed by atoms with Crippen molar-refractivity contribution in [3.8, 4) is 0 Å². The number of esters is 1. The number of carbonyl (C=O) groups excluding carboxylic acids is 1. The Kier molecular flexibility index (Phi) is 4.82. The normalized spacial score (nSPS) is 46.0. The number of epoxide rings is 1. The lowest BCUT2D eigenvalue weighted by Crippen LogP contribution is -2.66. The zero-order valence-corrected chi connectivity index (χ0v) is 17.1. The van der Waals surface area contributed by atoms with Crippen molar-refractivity contribution in [2.24, 2.45) is 22.7 Å². The zero-order valence-electron chi connectivity index (χ0n) is 17.1. The van der Waals surface area contributed by atoms with Gasteiger partial charge < -0.3 is 14.6 Å². The average molecular weight is 376 g/mol. The second-order valence-corrected chi connectivity index (χ2v) is 9.06. The molecule has 0 bridgehead atoms. The van der Waals surface area contributed by atoms with E-state index in [1.165, 1.54) is 6.92 Å². The highest BCUT2D eigenvalue weighted by Gasteiger charge is 2.77. The number of hydrogen-bond acceptors (Lipinski definition) is 4. The maximum atomic E-state index is 12.7. The zero-order chi connectivity index (χ0) is 20.2. The molecule has 5 heteroatoms. The SMILES string of the molecule is C=CC(C)=CCC1(C(=O)O)C(C)CC(OC(C)=O)C2(C)C1CCC1OC12C. The quantitative estimate of drug-likeness (QED) is 0.444. The van der Waals surface area contributed by atoms with Gasteiger partial charge in [-0.05, 0) is 51.4 Å². The molecule has 2 aliphatic carbocycles. The van der Waals surface area contributed by atoms with Crippen LogP contribution in [0, 0.1) is 22.7 Å². The summed E-state index contributed by atoms with van der Waals surface area (Å²) >= 11 is 0. The lowest BCUT2D eigenvalue weighted by atomic mass is 9.43. The summed E-state index contributed by atoms with van der Waals surface area (Å²) in [7, 11) is 0. The second kappa shape index (κ2) is 6.47. The van der Waals surface area contributed by atoms with E-state index in [-0.39, 0.29) is 30.0 Å². The first kappa shape index (κ1) is 20.1. The lowest BCUT2D eigenvalue weighted by Gasteiger charge is -2.60. The van der Waals surface area contributed by atoms with E-state index in [2.05, 4.69) is 20.4 Å². The van der Waals surface area contributed by atoms with Crippen LogP contribution in [0.5, 0.6) is 0 Å². The smallest absolute Gasteiger partial charge is 0.310 e. The Labute approximate surface area is 161 Å². The number of hydrogen-bond donors (Lipinski definition) is 1. The van der Waals surface area contributed by atoms with Gasteiger partial charge in [0, 0.05) is 12.3 Å². The summed E-state index contributed by atoms with van der Waals surface area (Å²) in [4.78, 5) is 24.5. The van der Waals surface area contributed by atoms with Crippen LogP contribution in [0.4, 0.5) is 0 Å². The van der Waals surface area contributed by atoms with Crippen molar-refractivity contribution >= 4 is 11.9 Å². The first-order valence-corrected chi connectivity index (χ1v) is 9.91. The number of rotatable bonds is 5. The Hall–Kier alpha value is -1.62. The first-order valence-electron chi connectivity index (χ1n) is 9.91. The Morgan fingerprint density at radius 1 is 1.30 bits per heavy atom. The highest BCUT2D eigenvalue weighted by atomic mass is 16.6. The lowest BCUT2D eigenvalue weighted by molar-refractivity contribution is -0.208. The summed E-state index contributed by atoms with van der Waals surface area (Å²) in [6.07, 6.45) is 6.16. The molecule has 0 spiro atoms. The maximum absolute atomic E-state index is 12.7. The molecular weight excluding hydrogens is 344 g/mol. The molecule has 0 aromatic heterocycles. The van der Waals surface area contributed by atoms with Gasteiger partial charge in [0.15, 0.2) is 0 Å². The van der Waals surface area contributed by atoms with Crippen LogP contribution in [-0.4, -0.2) is 34.9 Å². The van der Waals surface area contributed by atoms with Crippen molar-refractivity contribution in [3.63, 3.8) is 0 Å². The van der Waals surface area contributed by atoms with Gasteiger partial charge in [0.1, 0.15) is 11.7 Å². The summed E-state index contributed by atoms with van der Waals surface area (Å²) in [6.45, 7) is 13.3. The van der Waals surface area contributed by atoms with Crippen molar-refractivity contribution in [1.82, 2.24) is 0 Å². The van der Waals surface area contributed by atoms with Crippen LogP contribution in [0.3, 0.4) is 0 Å². The second-order valence-electron chi connectivity index (χ2n) is 9.06. The third-order valence-electron chi connectivity index (χ3n) is 7.98. The molecule has 0 radical (unpaired) electrons. The van der Waals surface area contributed by atoms with E-state index >= 15 is 0 Å². The molecule has 1 N–H and O–H groups in total. The van der Waals surface area contributed by atoms with E-state index in [0.717, 1.165) is 18.4 Å². The number of carboxylic acid groups (broad SMARTS) is 1. The highest BCUT2D eigenvalue weighted by Crippen LogP contribution is 2.70. The largest absolute Gasteiger partial charge is 0.481 e. The fourth-order valence-electron chi connectivity index (χ4n) is 6.06. The molecule has 7 atom stereocenters. The van der Waals surface area contributed by atoms with Gasteiger partial charge in [-0.3, -0.25) is 9.59 Å². The van der Waals surface area contributed by atoms with Crippen LogP contribution < -0.4 is 0 Å². The van der Waals surface area contributed by atoms with Gasteiger partial charge in [0.2, 0.25) is 0 Å². The molecule has 3 fully saturated rings. The number of carbonyl (C=O) groups is 2. The molecule has 5 nitrogen and oxygen atoms in total. The van der Waals surface area contributed by atoms with Crippen molar-refractivity contribution in [2.75, 3.05) is 0 Å². The van der Waals surface area contributed by atoms with Gasteiger partial charge in [-0.15, -0.1) is 0 Å². The summed E-state index contributed by atoms with van der Waals surface area (Å²) in [6, 6.07) is 0. The molecule has 3 rings (SSSR count). The molecule has 0 aromatic carbocycles. The standard InChI is InChI=1S/C22H32O5/c1-7-13(2)10-11-22(19(24)25)14(3)12-18(26-15(4)23)20(5)16(22)8-9-17-21(20,6)27-17/h7,10,14,16-18H,1,8-9,11-12H2,2-6H3,(H,24,25). The van der Waals surface area contributed by atoms with Crippen LogP contribution in [0.1, 0.15) is 60.3 Å². The van der Waals surface area contributed by atoms with Crippen molar-refractivity contribution in [2.45, 2.75) is 78.1 Å². The molecule has 0 amide bonds. The number of fused-ring (bicyclic) bond motifs is 3. The van der Waals surface area contributed by atoms with E-state index < -0.39 is 22.4 Å². The summed E-state index contributed by atoms with van der Waals surface area (Å²) in [5, 5.41) is 10.4. The van der Waals surface area contributed by atoms with E-state index in [1.807, 2.05) is 19.9 Å². The van der Waals surface area contributed by atoms with Crippen LogP contribution in [0.2, 0.25) is 0 Å². The predicted octanol–water partition coefficient (Wildman–Crippen LogP) is 4.13. The minimum atomic E-state index is -0.907. The number of carboxylic acids is 1. The number of ether oxygens (including phenoxy) is 2. The fourth-order valence-corrected chi connectivity index (χ4v) is 6.06. The monoisotopic (exact) mass is 376 g/mol. The van der Waals surface area contributed by atoms with Gasteiger partial charge in [0.25, 0.3) is 0 Å². The molecule has 7 unspecified atom stereocenters. The summed E-state index contributed by atoms with van der Waals surface area (Å²) in [5.41, 5.74) is -0.888. The molecule has 27 heavy (non-hydrogen) atoms. The maximum Gasteiger partial charge on any atom is 0.310 e. The van der Waals surface area contributed by atoms with E-state index in [0.29, 0.717) is 12.8 Å². The van der Waals surface area contributed by atoms with E-state index in [4.69, 9.17) is 9.47 Å². The van der Waals surface area contributed by atoms with Crippen LogP contribution >= 0.6 is 0 Å². The summed E-state index contributed by atoms with van der Waals surface area (Å²) in [5.74, 6) is -1.33. The van der Waals surface area contributed by atoms with E-state index in [1.54, 1.807) is 6.08 Å². The van der Waals surface area contributed by atoms with Crippen molar-refractivity contribution in [3.05, 3.63) is 24.3 Å². The first-order chi connectivity index (χ1) is 12.5. The van der Waals surface area contributed by atoms with Gasteiger partial charge in [-0.2, -0.15) is 0 Å². The summed E-state index contributed by atoms with van der Waals surface area (Å²) < 4.78 is 11.9. The average Bonchev–Trinajstić information content (AvgIpc) is 3.27. The molecule has 1 aliphatic heterocycles. The Morgan fingerprint density at radius 3 is 2.52 bits per heavy atom. The minimum Gasteiger partial charge on any atom is -0.481 e. The van der Waals surface area contributed by atoms with Crippen LogP contribution in [0.25, 0.3) is 0 Å². The van der Waals surface area contributed by atoms with Gasteiger partial charge in [-0.1, -0.05) is 38.2 Å². The molecule has 3 aliphatic rings. The Morgan fingerprint density at radius 2 is 1.96 bits per heavy atom. The van der Waals surface area contributed by atoms with Crippen molar-refractivity contribution in [1.29, 1.82) is 0 Å². The molecule has 1 saturated heterocycles. The Bertz CT molecular complexity index is 697. The molecule has 1 heterocycles. The Balaban J connectivity index is 2.12. The highest BCUT2D eigenvalue weighted by molar-refractivity contribution is 5.77. The van der Waals surface area contributed by atoms with Crippen LogP contribution in [-0.2, 0) is 19.1 Å². The van der Waals surface area contributed by atoms with E-state index in [9.17, 15) is 14.7 Å². The van der Waals surface area contributed by atoms with Gasteiger partial charge >= 0.3 is 11.9 Å². The van der Waals surface area contributed by atoms with Gasteiger partial charge in [0.05, 0.1) is 11.5 Å². The molecule has 0 aromatic rings. The third kappa shape index (κ3) is 2.69. The van der Waals surface area contributed by atoms with Crippen LogP contribution in [0.15, 0.2) is 24.3 Å². The minimum absolute atomic E-state index is 0.120. The van der Waals surface area contributed by atoms with Crippen molar-refractivity contribution < 1.29 is 24.2 Å².